The molecule has 4 nitrogen and oxygen atoms in total. The van der Waals surface area contributed by atoms with Crippen molar-refractivity contribution in [3.63, 3.8) is 0 Å². The number of hydrogen-bond donors (Lipinski definition) is 1. The number of benzene rings is 1. The van der Waals surface area contributed by atoms with E-state index in [1.54, 1.807) is 7.11 Å². The van der Waals surface area contributed by atoms with Crippen LogP contribution in [0.3, 0.4) is 0 Å². The first kappa shape index (κ1) is 11.9. The lowest BCUT2D eigenvalue weighted by Gasteiger charge is -2.07. The van der Waals surface area contributed by atoms with Crippen LogP contribution in [0.2, 0.25) is 0 Å². The smallest absolute Gasteiger partial charge is 0.209 e. The molecule has 2 aromatic rings. The molecule has 1 N–H and O–H groups in total. The summed E-state index contributed by atoms with van der Waals surface area (Å²) >= 11 is 2.00. The van der Waals surface area contributed by atoms with E-state index in [-0.39, 0.29) is 0 Å². The predicted octanol–water partition coefficient (Wildman–Crippen LogP) is 2.43. The van der Waals surface area contributed by atoms with Crippen LogP contribution < -0.4 is 10.1 Å². The van der Waals surface area contributed by atoms with Gasteiger partial charge in [-0.3, -0.25) is 0 Å². The summed E-state index contributed by atoms with van der Waals surface area (Å²) in [7, 11) is 1.65. The van der Waals surface area contributed by atoms with Crippen LogP contribution in [0.15, 0.2) is 22.6 Å². The Morgan fingerprint density at radius 3 is 3.28 bits per heavy atom. The van der Waals surface area contributed by atoms with Crippen molar-refractivity contribution in [1.82, 2.24) is 10.3 Å². The minimum atomic E-state index is 0.597. The third-order valence-corrected chi connectivity index (χ3v) is 4.27. The fourth-order valence-corrected chi connectivity index (χ4v) is 3.27. The largest absolute Gasteiger partial charge is 0.497 e. The number of nitrogens with one attached hydrogen (secondary N) is 1. The van der Waals surface area contributed by atoms with Gasteiger partial charge in [0.25, 0.3) is 0 Å². The van der Waals surface area contributed by atoms with Crippen molar-refractivity contribution in [3.05, 3.63) is 24.1 Å². The van der Waals surface area contributed by atoms with Gasteiger partial charge in [-0.2, -0.15) is 11.8 Å². The molecule has 3 rings (SSSR count). The first-order valence-corrected chi connectivity index (χ1v) is 7.25. The van der Waals surface area contributed by atoms with Gasteiger partial charge in [-0.05, 0) is 24.3 Å². The van der Waals surface area contributed by atoms with Crippen LogP contribution in [0, 0.1) is 0 Å². The Bertz CT molecular complexity index is 535. The third-order valence-electron chi connectivity index (χ3n) is 3.11. The minimum absolute atomic E-state index is 0.597. The topological polar surface area (TPSA) is 47.3 Å². The molecule has 1 aromatic heterocycles. The molecule has 5 heteroatoms. The maximum absolute atomic E-state index is 5.69. The summed E-state index contributed by atoms with van der Waals surface area (Å²) in [6, 6.07) is 6.28. The number of ether oxygens (including phenoxy) is 1. The maximum atomic E-state index is 5.69. The average Bonchev–Trinajstić information content (AvgIpc) is 3.04. The van der Waals surface area contributed by atoms with E-state index in [0.29, 0.717) is 12.6 Å². The van der Waals surface area contributed by atoms with Gasteiger partial charge in [0, 0.05) is 17.9 Å². The Balaban J connectivity index is 1.72. The highest BCUT2D eigenvalue weighted by atomic mass is 32.2. The Labute approximate surface area is 110 Å². The SMILES string of the molecule is COc1ccc2oc(CN[C@@H]3CCSC3)nc2c1. The molecule has 0 aliphatic carbocycles. The van der Waals surface area contributed by atoms with Crippen molar-refractivity contribution < 1.29 is 9.15 Å². The normalized spacial score (nSPS) is 19.5. The summed E-state index contributed by atoms with van der Waals surface area (Å²) in [6.45, 7) is 0.697. The second-order valence-corrected chi connectivity index (χ2v) is 5.53. The van der Waals surface area contributed by atoms with E-state index in [2.05, 4.69) is 10.3 Å². The monoisotopic (exact) mass is 264 g/mol. The highest BCUT2D eigenvalue weighted by Crippen LogP contribution is 2.22. The molecule has 1 aliphatic rings. The van der Waals surface area contributed by atoms with Gasteiger partial charge in [-0.1, -0.05) is 0 Å². The van der Waals surface area contributed by atoms with E-state index in [9.17, 15) is 0 Å². The van der Waals surface area contributed by atoms with E-state index in [0.717, 1.165) is 22.7 Å². The van der Waals surface area contributed by atoms with Gasteiger partial charge in [0.05, 0.1) is 13.7 Å². The number of nitrogens with zero attached hydrogens (tertiary/aromatic N) is 1. The van der Waals surface area contributed by atoms with Crippen LogP contribution in [0.4, 0.5) is 0 Å². The second kappa shape index (κ2) is 5.20. The van der Waals surface area contributed by atoms with Crippen molar-refractivity contribution in [3.8, 4) is 5.75 Å². The van der Waals surface area contributed by atoms with Crippen LogP contribution in [0.1, 0.15) is 12.3 Å². The summed E-state index contributed by atoms with van der Waals surface area (Å²) in [4.78, 5) is 4.47. The molecule has 0 radical (unpaired) electrons. The molecule has 96 valence electrons. The van der Waals surface area contributed by atoms with Crippen molar-refractivity contribution in [2.75, 3.05) is 18.6 Å². The number of aromatic nitrogens is 1. The molecule has 0 bridgehead atoms. The Hall–Kier alpha value is -1.20. The molecular weight excluding hydrogens is 248 g/mol. The van der Waals surface area contributed by atoms with Crippen molar-refractivity contribution >= 4 is 22.9 Å². The van der Waals surface area contributed by atoms with Crippen LogP contribution in [0.25, 0.3) is 11.1 Å². The van der Waals surface area contributed by atoms with Crippen LogP contribution >= 0.6 is 11.8 Å². The lowest BCUT2D eigenvalue weighted by atomic mass is 10.3. The van der Waals surface area contributed by atoms with E-state index < -0.39 is 0 Å². The van der Waals surface area contributed by atoms with E-state index >= 15 is 0 Å². The van der Waals surface area contributed by atoms with E-state index in [1.165, 1.54) is 17.9 Å². The van der Waals surface area contributed by atoms with Gasteiger partial charge in [0.2, 0.25) is 5.89 Å². The zero-order valence-corrected chi connectivity index (χ0v) is 11.1. The lowest BCUT2D eigenvalue weighted by molar-refractivity contribution is 0.415. The molecule has 1 saturated heterocycles. The number of oxazole rings is 1. The van der Waals surface area contributed by atoms with Gasteiger partial charge in [0.1, 0.15) is 11.3 Å². The quantitative estimate of drug-likeness (QED) is 0.919. The van der Waals surface area contributed by atoms with Crippen LogP contribution in [-0.2, 0) is 6.54 Å². The predicted molar refractivity (Wildman–Crippen MR) is 73.1 cm³/mol. The number of thioether (sulfide) groups is 1. The maximum Gasteiger partial charge on any atom is 0.209 e. The van der Waals surface area contributed by atoms with Crippen molar-refractivity contribution in [1.29, 1.82) is 0 Å². The average molecular weight is 264 g/mol. The van der Waals surface area contributed by atoms with Gasteiger partial charge >= 0.3 is 0 Å². The Morgan fingerprint density at radius 1 is 1.56 bits per heavy atom. The molecule has 0 unspecified atom stereocenters. The molecule has 1 aromatic carbocycles. The second-order valence-electron chi connectivity index (χ2n) is 4.38. The third kappa shape index (κ3) is 2.47. The summed E-state index contributed by atoms with van der Waals surface area (Å²) in [5.74, 6) is 3.99. The van der Waals surface area contributed by atoms with Gasteiger partial charge < -0.3 is 14.5 Å². The molecule has 1 fully saturated rings. The van der Waals surface area contributed by atoms with E-state index in [4.69, 9.17) is 9.15 Å². The molecule has 2 heterocycles. The zero-order valence-electron chi connectivity index (χ0n) is 10.3. The lowest BCUT2D eigenvalue weighted by Crippen LogP contribution is -2.28. The fraction of sp³-hybridized carbons (Fsp3) is 0.462. The van der Waals surface area contributed by atoms with Crippen molar-refractivity contribution in [2.45, 2.75) is 19.0 Å². The number of fused-ring (bicyclic) bond motifs is 1. The Kier molecular flexibility index (Phi) is 3.43. The number of methoxy groups -OCH3 is 1. The zero-order chi connectivity index (χ0) is 12.4. The first-order valence-electron chi connectivity index (χ1n) is 6.10. The summed E-state index contributed by atoms with van der Waals surface area (Å²) in [5.41, 5.74) is 1.67. The Morgan fingerprint density at radius 2 is 2.50 bits per heavy atom. The van der Waals surface area contributed by atoms with Crippen LogP contribution in [-0.4, -0.2) is 29.6 Å². The standard InChI is InChI=1S/C13H16N2O2S/c1-16-10-2-3-12-11(6-10)15-13(17-12)7-14-9-4-5-18-8-9/h2-3,6,9,14H,4-5,7-8H2,1H3/t9-/m1/s1. The van der Waals surface area contributed by atoms with Crippen LogP contribution in [0.5, 0.6) is 5.75 Å². The summed E-state index contributed by atoms with van der Waals surface area (Å²) in [5, 5.41) is 3.48. The summed E-state index contributed by atoms with van der Waals surface area (Å²) in [6.07, 6.45) is 1.23. The molecular formula is C13H16N2O2S. The molecule has 0 spiro atoms. The number of hydrogen-bond acceptors (Lipinski definition) is 5. The van der Waals surface area contributed by atoms with Gasteiger partial charge in [-0.15, -0.1) is 0 Å². The minimum Gasteiger partial charge on any atom is -0.497 e. The van der Waals surface area contributed by atoms with Gasteiger partial charge in [0.15, 0.2) is 5.58 Å². The molecule has 1 aliphatic heterocycles. The molecule has 0 amide bonds. The van der Waals surface area contributed by atoms with Crippen molar-refractivity contribution in [2.24, 2.45) is 0 Å². The highest BCUT2D eigenvalue weighted by molar-refractivity contribution is 7.99. The number of rotatable bonds is 4. The molecule has 18 heavy (non-hydrogen) atoms. The highest BCUT2D eigenvalue weighted by Gasteiger charge is 2.15. The summed E-state index contributed by atoms with van der Waals surface area (Å²) < 4.78 is 10.9. The first-order chi connectivity index (χ1) is 8.85. The molecule has 0 saturated carbocycles. The molecule has 1 atom stereocenters. The van der Waals surface area contributed by atoms with E-state index in [1.807, 2.05) is 30.0 Å². The van der Waals surface area contributed by atoms with Gasteiger partial charge in [-0.25, -0.2) is 4.98 Å². The fourth-order valence-electron chi connectivity index (χ4n) is 2.08.